The van der Waals surface area contributed by atoms with Crippen molar-refractivity contribution in [3.8, 4) is 5.88 Å². The van der Waals surface area contributed by atoms with Crippen molar-refractivity contribution < 1.29 is 4.74 Å². The van der Waals surface area contributed by atoms with E-state index in [9.17, 15) is 0 Å². The van der Waals surface area contributed by atoms with Gasteiger partial charge in [0.25, 0.3) is 0 Å². The summed E-state index contributed by atoms with van der Waals surface area (Å²) in [5.41, 5.74) is 0. The second-order valence-corrected chi connectivity index (χ2v) is 3.78. The molecule has 0 aliphatic carbocycles. The number of pyridine rings is 1. The van der Waals surface area contributed by atoms with Gasteiger partial charge in [-0.05, 0) is 31.5 Å². The molecule has 1 aromatic heterocycles. The molecule has 1 aliphatic heterocycles. The summed E-state index contributed by atoms with van der Waals surface area (Å²) in [4.78, 5) is 4.09. The fourth-order valence-corrected chi connectivity index (χ4v) is 1.70. The van der Waals surface area contributed by atoms with Crippen LogP contribution in [0.3, 0.4) is 0 Å². The maximum absolute atomic E-state index is 5.94. The lowest BCUT2D eigenvalue weighted by Crippen LogP contribution is -2.37. The van der Waals surface area contributed by atoms with Crippen LogP contribution < -0.4 is 10.1 Å². The van der Waals surface area contributed by atoms with Crippen molar-refractivity contribution >= 4 is 24.0 Å². The topological polar surface area (TPSA) is 34.1 Å². The molecule has 0 amide bonds. The van der Waals surface area contributed by atoms with E-state index in [2.05, 4.69) is 10.3 Å². The minimum atomic E-state index is 0. The van der Waals surface area contributed by atoms with Crippen LogP contribution in [0.1, 0.15) is 12.8 Å². The predicted octanol–water partition coefficient (Wildman–Crippen LogP) is 2.29. The summed E-state index contributed by atoms with van der Waals surface area (Å²) >= 11 is 5.94. The summed E-state index contributed by atoms with van der Waals surface area (Å²) in [6, 6.07) is 3.59. The number of hydrogen-bond donors (Lipinski definition) is 1. The van der Waals surface area contributed by atoms with Crippen LogP contribution in [0.5, 0.6) is 5.88 Å². The van der Waals surface area contributed by atoms with Gasteiger partial charge in [-0.2, -0.15) is 0 Å². The zero-order valence-electron chi connectivity index (χ0n) is 8.28. The number of hydrogen-bond acceptors (Lipinski definition) is 3. The lowest BCUT2D eigenvalue weighted by Gasteiger charge is -2.23. The highest BCUT2D eigenvalue weighted by atomic mass is 35.5. The number of piperidine rings is 1. The molecule has 2 rings (SSSR count). The van der Waals surface area contributed by atoms with E-state index in [4.69, 9.17) is 16.3 Å². The monoisotopic (exact) mass is 248 g/mol. The van der Waals surface area contributed by atoms with Crippen LogP contribution in [0, 0.1) is 0 Å². The van der Waals surface area contributed by atoms with Gasteiger partial charge < -0.3 is 10.1 Å². The molecule has 0 aromatic carbocycles. The van der Waals surface area contributed by atoms with E-state index in [-0.39, 0.29) is 18.5 Å². The minimum Gasteiger partial charge on any atom is -0.472 e. The summed E-state index contributed by atoms with van der Waals surface area (Å²) in [7, 11) is 0. The quantitative estimate of drug-likeness (QED) is 0.873. The van der Waals surface area contributed by atoms with Gasteiger partial charge in [-0.25, -0.2) is 4.98 Å². The number of ether oxygens (including phenoxy) is 1. The first-order chi connectivity index (χ1) is 6.86. The van der Waals surface area contributed by atoms with Gasteiger partial charge in [0.2, 0.25) is 5.88 Å². The van der Waals surface area contributed by atoms with E-state index in [0.29, 0.717) is 10.9 Å². The van der Waals surface area contributed by atoms with Gasteiger partial charge in [0.15, 0.2) is 0 Å². The van der Waals surface area contributed by atoms with Crippen molar-refractivity contribution in [1.29, 1.82) is 0 Å². The number of aromatic nitrogens is 1. The molecule has 1 unspecified atom stereocenters. The molecule has 0 saturated carbocycles. The van der Waals surface area contributed by atoms with Crippen LogP contribution in [-0.4, -0.2) is 24.2 Å². The Bertz CT molecular complexity index is 303. The highest BCUT2D eigenvalue weighted by molar-refractivity contribution is 6.31. The normalized spacial score (nSPS) is 20.5. The molecule has 2 heterocycles. The number of rotatable bonds is 2. The highest BCUT2D eigenvalue weighted by Gasteiger charge is 2.15. The van der Waals surface area contributed by atoms with E-state index < -0.39 is 0 Å². The molecule has 3 nitrogen and oxygen atoms in total. The number of nitrogens with one attached hydrogen (secondary N) is 1. The molecule has 1 aliphatic rings. The van der Waals surface area contributed by atoms with Crippen molar-refractivity contribution in [2.24, 2.45) is 0 Å². The van der Waals surface area contributed by atoms with Crippen molar-refractivity contribution in [3.63, 3.8) is 0 Å². The highest BCUT2D eigenvalue weighted by Crippen LogP contribution is 2.22. The van der Waals surface area contributed by atoms with Gasteiger partial charge in [0.05, 0.1) is 0 Å². The Hall–Kier alpha value is -0.510. The van der Waals surface area contributed by atoms with E-state index in [1.165, 1.54) is 0 Å². The zero-order valence-corrected chi connectivity index (χ0v) is 9.85. The molecule has 15 heavy (non-hydrogen) atoms. The molecule has 1 fully saturated rings. The maximum atomic E-state index is 5.94. The van der Waals surface area contributed by atoms with E-state index in [0.717, 1.165) is 25.9 Å². The van der Waals surface area contributed by atoms with Crippen molar-refractivity contribution in [1.82, 2.24) is 10.3 Å². The van der Waals surface area contributed by atoms with E-state index in [1.807, 2.05) is 0 Å². The SMILES string of the molecule is Cl.Clc1cccnc1OC1CCCNC1. The molecule has 0 radical (unpaired) electrons. The Kier molecular flexibility index (Phi) is 5.15. The van der Waals surface area contributed by atoms with Crippen LogP contribution in [0.4, 0.5) is 0 Å². The fraction of sp³-hybridized carbons (Fsp3) is 0.500. The van der Waals surface area contributed by atoms with Gasteiger partial charge >= 0.3 is 0 Å². The molecule has 1 saturated heterocycles. The molecule has 0 bridgehead atoms. The van der Waals surface area contributed by atoms with Crippen molar-refractivity contribution in [3.05, 3.63) is 23.4 Å². The van der Waals surface area contributed by atoms with E-state index >= 15 is 0 Å². The maximum Gasteiger partial charge on any atom is 0.232 e. The largest absolute Gasteiger partial charge is 0.472 e. The zero-order chi connectivity index (χ0) is 9.80. The Morgan fingerprint density at radius 3 is 3.07 bits per heavy atom. The second-order valence-electron chi connectivity index (χ2n) is 3.38. The van der Waals surface area contributed by atoms with Crippen molar-refractivity contribution in [2.75, 3.05) is 13.1 Å². The second kappa shape index (κ2) is 6.16. The summed E-state index contributed by atoms with van der Waals surface area (Å²) in [6.45, 7) is 1.96. The lowest BCUT2D eigenvalue weighted by atomic mass is 10.1. The smallest absolute Gasteiger partial charge is 0.232 e. The first kappa shape index (κ1) is 12.6. The van der Waals surface area contributed by atoms with Crippen LogP contribution in [0.2, 0.25) is 5.02 Å². The Morgan fingerprint density at radius 2 is 2.40 bits per heavy atom. The number of nitrogens with zero attached hydrogens (tertiary/aromatic N) is 1. The molecule has 1 atom stereocenters. The lowest BCUT2D eigenvalue weighted by molar-refractivity contribution is 0.160. The van der Waals surface area contributed by atoms with Gasteiger partial charge in [-0.3, -0.25) is 0 Å². The fourth-order valence-electron chi connectivity index (χ4n) is 1.54. The van der Waals surface area contributed by atoms with Crippen LogP contribution in [0.15, 0.2) is 18.3 Å². The van der Waals surface area contributed by atoms with Gasteiger partial charge in [0.1, 0.15) is 11.1 Å². The molecular formula is C10H14Cl2N2O. The first-order valence-electron chi connectivity index (χ1n) is 4.84. The molecule has 1 N–H and O–H groups in total. The standard InChI is InChI=1S/C10H13ClN2O.ClH/c11-9-4-2-6-13-10(9)14-8-3-1-5-12-7-8;/h2,4,6,8,12H,1,3,5,7H2;1H. The number of halogens is 2. The summed E-state index contributed by atoms with van der Waals surface area (Å²) in [6.07, 6.45) is 4.11. The summed E-state index contributed by atoms with van der Waals surface area (Å²) < 4.78 is 5.68. The van der Waals surface area contributed by atoms with E-state index in [1.54, 1.807) is 18.3 Å². The van der Waals surface area contributed by atoms with Crippen molar-refractivity contribution in [2.45, 2.75) is 18.9 Å². The third-order valence-electron chi connectivity index (χ3n) is 2.25. The average molecular weight is 249 g/mol. The molecule has 0 spiro atoms. The van der Waals surface area contributed by atoms with Gasteiger partial charge in [-0.15, -0.1) is 12.4 Å². The van der Waals surface area contributed by atoms with Crippen LogP contribution >= 0.6 is 24.0 Å². The molecular weight excluding hydrogens is 235 g/mol. The van der Waals surface area contributed by atoms with Crippen LogP contribution in [-0.2, 0) is 0 Å². The van der Waals surface area contributed by atoms with Gasteiger partial charge in [-0.1, -0.05) is 11.6 Å². The Balaban J connectivity index is 0.00000112. The average Bonchev–Trinajstić information content (AvgIpc) is 2.23. The third-order valence-corrected chi connectivity index (χ3v) is 2.54. The Morgan fingerprint density at radius 1 is 1.53 bits per heavy atom. The predicted molar refractivity (Wildman–Crippen MR) is 63.0 cm³/mol. The molecule has 5 heteroatoms. The summed E-state index contributed by atoms with van der Waals surface area (Å²) in [5.74, 6) is 0.544. The van der Waals surface area contributed by atoms with Crippen LogP contribution in [0.25, 0.3) is 0 Å². The molecule has 84 valence electrons. The molecule has 1 aromatic rings. The van der Waals surface area contributed by atoms with Gasteiger partial charge in [0, 0.05) is 12.7 Å². The summed E-state index contributed by atoms with van der Waals surface area (Å²) in [5, 5.41) is 3.86. The Labute approximate surface area is 101 Å². The minimum absolute atomic E-state index is 0. The first-order valence-corrected chi connectivity index (χ1v) is 5.22. The third kappa shape index (κ3) is 3.52.